The Hall–Kier alpha value is -3.38. The predicted molar refractivity (Wildman–Crippen MR) is 125 cm³/mol. The van der Waals surface area contributed by atoms with Crippen molar-refractivity contribution in [3.63, 3.8) is 0 Å². The number of rotatable bonds is 7. The first-order valence-corrected chi connectivity index (χ1v) is 10.8. The van der Waals surface area contributed by atoms with Gasteiger partial charge in [-0.2, -0.15) is 0 Å². The number of fused-ring (bicyclic) bond motifs is 1. The van der Waals surface area contributed by atoms with Crippen LogP contribution in [0.1, 0.15) is 19.8 Å². The molecule has 0 aliphatic carbocycles. The molecule has 5 nitrogen and oxygen atoms in total. The zero-order valence-electron chi connectivity index (χ0n) is 16.7. The molecular weight excluding hydrogens is 394 g/mol. The minimum atomic E-state index is -0.295. The fourth-order valence-corrected chi connectivity index (χ4v) is 3.95. The zero-order valence-corrected chi connectivity index (χ0v) is 17.5. The molecular formula is C24H23N3O2S. The summed E-state index contributed by atoms with van der Waals surface area (Å²) in [5, 5.41) is 6.66. The molecule has 1 aromatic heterocycles. The second-order valence-corrected chi connectivity index (χ2v) is 7.90. The van der Waals surface area contributed by atoms with E-state index in [1.54, 1.807) is 11.3 Å². The first kappa shape index (κ1) is 19.9. The van der Waals surface area contributed by atoms with Crippen LogP contribution in [0.5, 0.6) is 5.75 Å². The van der Waals surface area contributed by atoms with Crippen LogP contribution >= 0.6 is 11.3 Å². The quantitative estimate of drug-likeness (QED) is 0.326. The number of thiazole rings is 1. The molecule has 4 rings (SSSR count). The van der Waals surface area contributed by atoms with E-state index in [1.807, 2.05) is 66.7 Å². The Kier molecular flexibility index (Phi) is 6.25. The third-order valence-electron chi connectivity index (χ3n) is 4.54. The van der Waals surface area contributed by atoms with E-state index in [4.69, 9.17) is 4.74 Å². The van der Waals surface area contributed by atoms with Gasteiger partial charge in [0.2, 0.25) is 0 Å². The molecule has 0 atom stereocenters. The molecule has 30 heavy (non-hydrogen) atoms. The summed E-state index contributed by atoms with van der Waals surface area (Å²) >= 11 is 1.64. The van der Waals surface area contributed by atoms with E-state index in [-0.39, 0.29) is 6.03 Å². The molecule has 6 heteroatoms. The number of ether oxygens (including phenoxy) is 1. The number of nitrogens with zero attached hydrogens (tertiary/aromatic N) is 1. The number of aromatic nitrogens is 1. The second kappa shape index (κ2) is 9.41. The van der Waals surface area contributed by atoms with Crippen molar-refractivity contribution >= 4 is 39.0 Å². The van der Waals surface area contributed by atoms with Crippen LogP contribution in [-0.4, -0.2) is 17.6 Å². The lowest BCUT2D eigenvalue weighted by Crippen LogP contribution is -2.19. The first-order chi connectivity index (χ1) is 14.7. The van der Waals surface area contributed by atoms with Crippen LogP contribution in [0.25, 0.3) is 20.8 Å². The SMILES string of the molecule is CCCCOc1ccc(NC(=O)Nc2cccc(-c3nc4ccccc4s3)c2)cc1. The standard InChI is InChI=1S/C24H23N3O2S/c1-2-3-15-29-20-13-11-18(12-14-20)25-24(28)26-19-8-6-7-17(16-19)23-27-21-9-4-5-10-22(21)30-23/h4-14,16H,2-3,15H2,1H3,(H2,25,26,28). The molecule has 1 heterocycles. The highest BCUT2D eigenvalue weighted by Gasteiger charge is 2.08. The van der Waals surface area contributed by atoms with Gasteiger partial charge >= 0.3 is 6.03 Å². The normalized spacial score (nSPS) is 10.7. The second-order valence-electron chi connectivity index (χ2n) is 6.87. The average Bonchev–Trinajstić information content (AvgIpc) is 3.20. The minimum absolute atomic E-state index is 0.295. The molecule has 0 aliphatic rings. The highest BCUT2D eigenvalue weighted by molar-refractivity contribution is 7.21. The fourth-order valence-electron chi connectivity index (χ4n) is 2.99. The lowest BCUT2D eigenvalue weighted by Gasteiger charge is -2.10. The van der Waals surface area contributed by atoms with Gasteiger partial charge in [0.1, 0.15) is 10.8 Å². The highest BCUT2D eigenvalue weighted by Crippen LogP contribution is 2.31. The largest absolute Gasteiger partial charge is 0.494 e. The molecule has 2 amide bonds. The molecule has 3 aromatic carbocycles. The smallest absolute Gasteiger partial charge is 0.323 e. The molecule has 0 aliphatic heterocycles. The van der Waals surface area contributed by atoms with Gasteiger partial charge in [-0.15, -0.1) is 11.3 Å². The Labute approximate surface area is 179 Å². The highest BCUT2D eigenvalue weighted by atomic mass is 32.1. The number of nitrogens with one attached hydrogen (secondary N) is 2. The van der Waals surface area contributed by atoms with E-state index in [1.165, 1.54) is 0 Å². The number of benzene rings is 3. The number of para-hydroxylation sites is 1. The maximum atomic E-state index is 12.4. The molecule has 0 unspecified atom stereocenters. The maximum absolute atomic E-state index is 12.4. The van der Waals surface area contributed by atoms with E-state index in [9.17, 15) is 4.79 Å². The van der Waals surface area contributed by atoms with Crippen molar-refractivity contribution in [3.8, 4) is 16.3 Å². The van der Waals surface area contributed by atoms with Crippen molar-refractivity contribution in [1.29, 1.82) is 0 Å². The summed E-state index contributed by atoms with van der Waals surface area (Å²) in [5.74, 6) is 0.804. The molecule has 2 N–H and O–H groups in total. The van der Waals surface area contributed by atoms with Crippen LogP contribution in [0, 0.1) is 0 Å². The number of hydrogen-bond acceptors (Lipinski definition) is 4. The third kappa shape index (κ3) is 4.96. The molecule has 4 aromatic rings. The van der Waals surface area contributed by atoms with E-state index in [0.29, 0.717) is 18.0 Å². The first-order valence-electron chi connectivity index (χ1n) is 9.98. The predicted octanol–water partition coefficient (Wildman–Crippen LogP) is 6.79. The van der Waals surface area contributed by atoms with Crippen molar-refractivity contribution in [2.45, 2.75) is 19.8 Å². The molecule has 0 spiro atoms. The molecule has 0 saturated carbocycles. The summed E-state index contributed by atoms with van der Waals surface area (Å²) in [7, 11) is 0. The Balaban J connectivity index is 1.39. The summed E-state index contributed by atoms with van der Waals surface area (Å²) in [6.07, 6.45) is 2.12. The van der Waals surface area contributed by atoms with Crippen LogP contribution < -0.4 is 15.4 Å². The molecule has 152 valence electrons. The van der Waals surface area contributed by atoms with Crippen molar-refractivity contribution in [2.24, 2.45) is 0 Å². The van der Waals surface area contributed by atoms with Crippen LogP contribution in [0.15, 0.2) is 72.8 Å². The average molecular weight is 418 g/mol. The lowest BCUT2D eigenvalue weighted by atomic mass is 10.2. The number of carbonyl (C=O) groups is 1. The fraction of sp³-hybridized carbons (Fsp3) is 0.167. The third-order valence-corrected chi connectivity index (χ3v) is 5.63. The molecule has 0 fully saturated rings. The molecule has 0 radical (unpaired) electrons. The number of hydrogen-bond donors (Lipinski definition) is 2. The number of amides is 2. The molecule has 0 bridgehead atoms. The van der Waals surface area contributed by atoms with E-state index in [2.05, 4.69) is 28.6 Å². The van der Waals surface area contributed by atoms with Crippen LogP contribution in [-0.2, 0) is 0 Å². The summed E-state index contributed by atoms with van der Waals surface area (Å²) in [5.41, 5.74) is 3.37. The molecule has 0 saturated heterocycles. The summed E-state index contributed by atoms with van der Waals surface area (Å²) in [4.78, 5) is 17.1. The topological polar surface area (TPSA) is 63.2 Å². The van der Waals surface area contributed by atoms with Crippen molar-refractivity contribution in [3.05, 3.63) is 72.8 Å². The van der Waals surface area contributed by atoms with Gasteiger partial charge in [0.15, 0.2) is 0 Å². The van der Waals surface area contributed by atoms with Gasteiger partial charge in [-0.05, 0) is 55.0 Å². The number of urea groups is 1. The monoisotopic (exact) mass is 417 g/mol. The van der Waals surface area contributed by atoms with Crippen molar-refractivity contribution in [1.82, 2.24) is 4.98 Å². The minimum Gasteiger partial charge on any atom is -0.494 e. The Morgan fingerprint density at radius 2 is 1.77 bits per heavy atom. The van der Waals surface area contributed by atoms with Gasteiger partial charge in [0, 0.05) is 16.9 Å². The Bertz CT molecular complexity index is 1110. The zero-order chi connectivity index (χ0) is 20.8. The Morgan fingerprint density at radius 3 is 2.57 bits per heavy atom. The van der Waals surface area contributed by atoms with Crippen molar-refractivity contribution < 1.29 is 9.53 Å². The van der Waals surface area contributed by atoms with Crippen molar-refractivity contribution in [2.75, 3.05) is 17.2 Å². The Morgan fingerprint density at radius 1 is 0.967 bits per heavy atom. The van der Waals surface area contributed by atoms with Gasteiger partial charge < -0.3 is 15.4 Å². The van der Waals surface area contributed by atoms with Gasteiger partial charge in [0.25, 0.3) is 0 Å². The van der Waals surface area contributed by atoms with Gasteiger partial charge in [-0.25, -0.2) is 9.78 Å². The van der Waals surface area contributed by atoms with E-state index < -0.39 is 0 Å². The van der Waals surface area contributed by atoms with Crippen LogP contribution in [0.2, 0.25) is 0 Å². The van der Waals surface area contributed by atoms with Gasteiger partial charge in [-0.1, -0.05) is 37.6 Å². The van der Waals surface area contributed by atoms with E-state index >= 15 is 0 Å². The van der Waals surface area contributed by atoms with Crippen LogP contribution in [0.3, 0.4) is 0 Å². The van der Waals surface area contributed by atoms with E-state index in [0.717, 1.165) is 39.4 Å². The number of unbranched alkanes of at least 4 members (excludes halogenated alkanes) is 1. The van der Waals surface area contributed by atoms with Gasteiger partial charge in [-0.3, -0.25) is 0 Å². The number of carbonyl (C=O) groups excluding carboxylic acids is 1. The summed E-state index contributed by atoms with van der Waals surface area (Å²) < 4.78 is 6.79. The van der Waals surface area contributed by atoms with Crippen LogP contribution in [0.4, 0.5) is 16.2 Å². The number of anilines is 2. The van der Waals surface area contributed by atoms with Gasteiger partial charge in [0.05, 0.1) is 16.8 Å². The maximum Gasteiger partial charge on any atom is 0.323 e. The summed E-state index contributed by atoms with van der Waals surface area (Å²) in [6.45, 7) is 2.83. The lowest BCUT2D eigenvalue weighted by molar-refractivity contribution is 0.262. The summed E-state index contributed by atoms with van der Waals surface area (Å²) in [6, 6.07) is 22.9.